The topological polar surface area (TPSA) is 21.3 Å². The lowest BCUT2D eigenvalue weighted by molar-refractivity contribution is 0.182. The second-order valence-electron chi connectivity index (χ2n) is 5.85. The third kappa shape index (κ3) is 4.40. The maximum Gasteiger partial charge on any atom is 0.0495 e. The van der Waals surface area contributed by atoms with Crippen molar-refractivity contribution in [2.75, 3.05) is 19.8 Å². The lowest BCUT2D eigenvalue weighted by atomic mass is 9.91. The van der Waals surface area contributed by atoms with E-state index in [-0.39, 0.29) is 0 Å². The second kappa shape index (κ2) is 7.96. The molecule has 0 aromatic rings. The minimum Gasteiger partial charge on any atom is -0.381 e. The van der Waals surface area contributed by atoms with Crippen molar-refractivity contribution in [2.24, 2.45) is 5.92 Å². The van der Waals surface area contributed by atoms with E-state index in [1.807, 2.05) is 0 Å². The van der Waals surface area contributed by atoms with Gasteiger partial charge < -0.3 is 10.1 Å². The van der Waals surface area contributed by atoms with Gasteiger partial charge in [-0.25, -0.2) is 0 Å². The van der Waals surface area contributed by atoms with Crippen molar-refractivity contribution in [1.82, 2.24) is 5.32 Å². The average molecular weight is 251 g/mol. The summed E-state index contributed by atoms with van der Waals surface area (Å²) in [6.45, 7) is 5.36. The van der Waals surface area contributed by atoms with Crippen molar-refractivity contribution in [2.45, 2.75) is 64.3 Å². The van der Waals surface area contributed by atoms with Gasteiger partial charge in [0.25, 0.3) is 0 Å². The van der Waals surface area contributed by atoms with Gasteiger partial charge in [-0.2, -0.15) is 0 Å². The van der Waals surface area contributed by atoms with E-state index >= 15 is 0 Å². The van der Waals surface area contributed by atoms with E-state index in [0.29, 0.717) is 6.04 Å². The first-order valence-electron chi connectivity index (χ1n) is 7.90. The van der Waals surface area contributed by atoms with Gasteiger partial charge in [-0.1, -0.05) is 25.0 Å². The molecule has 2 unspecified atom stereocenters. The number of hydrogen-bond acceptors (Lipinski definition) is 2. The summed E-state index contributed by atoms with van der Waals surface area (Å²) >= 11 is 0. The van der Waals surface area contributed by atoms with Gasteiger partial charge in [0.15, 0.2) is 0 Å². The first-order chi connectivity index (χ1) is 8.90. The maximum atomic E-state index is 5.53. The van der Waals surface area contributed by atoms with E-state index in [4.69, 9.17) is 4.74 Å². The zero-order valence-electron chi connectivity index (χ0n) is 11.9. The van der Waals surface area contributed by atoms with E-state index in [1.165, 1.54) is 51.4 Å². The Balaban J connectivity index is 1.91. The fraction of sp³-hybridized carbons (Fsp3) is 0.875. The van der Waals surface area contributed by atoms with Gasteiger partial charge in [-0.3, -0.25) is 0 Å². The monoisotopic (exact) mass is 251 g/mol. The molecular formula is C16H29NO. The summed E-state index contributed by atoms with van der Waals surface area (Å²) < 4.78 is 5.53. The Hall–Kier alpha value is -0.340. The molecule has 104 valence electrons. The highest BCUT2D eigenvalue weighted by molar-refractivity contribution is 5.12. The molecule has 0 aromatic carbocycles. The Labute approximate surface area is 112 Å². The summed E-state index contributed by atoms with van der Waals surface area (Å²) in [5.74, 6) is 0.781. The normalized spacial score (nSPS) is 26.7. The van der Waals surface area contributed by atoms with Crippen molar-refractivity contribution in [3.8, 4) is 0 Å². The lowest BCUT2D eigenvalue weighted by Gasteiger charge is -2.24. The molecule has 1 saturated heterocycles. The fourth-order valence-corrected chi connectivity index (χ4v) is 3.14. The summed E-state index contributed by atoms with van der Waals surface area (Å²) in [4.78, 5) is 0. The smallest absolute Gasteiger partial charge is 0.0495 e. The molecule has 18 heavy (non-hydrogen) atoms. The molecule has 1 heterocycles. The minimum atomic E-state index is 0.620. The molecule has 1 aliphatic carbocycles. The van der Waals surface area contributed by atoms with Crippen LogP contribution in [0.15, 0.2) is 11.6 Å². The largest absolute Gasteiger partial charge is 0.381 e. The van der Waals surface area contributed by atoms with E-state index in [9.17, 15) is 0 Å². The summed E-state index contributed by atoms with van der Waals surface area (Å²) in [6.07, 6.45) is 13.1. The maximum absolute atomic E-state index is 5.53. The van der Waals surface area contributed by atoms with Crippen molar-refractivity contribution in [1.29, 1.82) is 0 Å². The third-order valence-corrected chi connectivity index (χ3v) is 4.26. The summed E-state index contributed by atoms with van der Waals surface area (Å²) in [7, 11) is 0. The highest BCUT2D eigenvalue weighted by atomic mass is 16.5. The molecule has 2 atom stereocenters. The van der Waals surface area contributed by atoms with Crippen molar-refractivity contribution >= 4 is 0 Å². The van der Waals surface area contributed by atoms with Crippen LogP contribution in [-0.2, 0) is 4.74 Å². The van der Waals surface area contributed by atoms with E-state index in [1.54, 1.807) is 5.57 Å². The van der Waals surface area contributed by atoms with Gasteiger partial charge in [0.1, 0.15) is 0 Å². The zero-order chi connectivity index (χ0) is 12.6. The standard InChI is InChI=1S/C16H29NO/c1-2-10-17-16(12-14-9-11-18-13-14)15-7-5-3-4-6-8-15/h7,14,16-17H,2-6,8-13H2,1H3. The molecule has 0 spiro atoms. The SMILES string of the molecule is CCCNC(CC1CCOC1)C1=CCCCCC1. The molecular weight excluding hydrogens is 222 g/mol. The first-order valence-corrected chi connectivity index (χ1v) is 7.90. The third-order valence-electron chi connectivity index (χ3n) is 4.26. The lowest BCUT2D eigenvalue weighted by Crippen LogP contribution is -2.33. The molecule has 1 N–H and O–H groups in total. The fourth-order valence-electron chi connectivity index (χ4n) is 3.14. The van der Waals surface area contributed by atoms with E-state index in [2.05, 4.69) is 18.3 Å². The molecule has 1 fully saturated rings. The molecule has 0 saturated carbocycles. The molecule has 0 radical (unpaired) electrons. The Morgan fingerprint density at radius 1 is 1.39 bits per heavy atom. The van der Waals surface area contributed by atoms with Crippen molar-refractivity contribution in [3.05, 3.63) is 11.6 Å². The van der Waals surface area contributed by atoms with E-state index < -0.39 is 0 Å². The second-order valence-corrected chi connectivity index (χ2v) is 5.85. The summed E-state index contributed by atoms with van der Waals surface area (Å²) in [5.41, 5.74) is 1.69. The predicted molar refractivity (Wildman–Crippen MR) is 76.8 cm³/mol. The number of allylic oxidation sites excluding steroid dienone is 1. The Bertz CT molecular complexity index is 256. The quantitative estimate of drug-likeness (QED) is 0.727. The number of rotatable bonds is 6. The van der Waals surface area contributed by atoms with E-state index in [0.717, 1.165) is 25.7 Å². The zero-order valence-corrected chi connectivity index (χ0v) is 11.9. The molecule has 2 rings (SSSR count). The Morgan fingerprint density at radius 3 is 3.11 bits per heavy atom. The molecule has 2 aliphatic rings. The van der Waals surface area contributed by atoms with Crippen LogP contribution in [-0.4, -0.2) is 25.8 Å². The number of nitrogens with one attached hydrogen (secondary N) is 1. The van der Waals surface area contributed by atoms with Gasteiger partial charge in [0.05, 0.1) is 0 Å². The summed E-state index contributed by atoms with van der Waals surface area (Å²) in [6, 6.07) is 0.620. The molecule has 0 aromatic heterocycles. The molecule has 2 heteroatoms. The van der Waals surface area contributed by atoms with Crippen LogP contribution in [0.5, 0.6) is 0 Å². The summed E-state index contributed by atoms with van der Waals surface area (Å²) in [5, 5.41) is 3.77. The highest BCUT2D eigenvalue weighted by Gasteiger charge is 2.23. The van der Waals surface area contributed by atoms with Crippen LogP contribution in [0.3, 0.4) is 0 Å². The van der Waals surface area contributed by atoms with Gasteiger partial charge in [-0.15, -0.1) is 0 Å². The van der Waals surface area contributed by atoms with Crippen LogP contribution < -0.4 is 5.32 Å². The number of ether oxygens (including phenoxy) is 1. The average Bonchev–Trinajstić information content (AvgIpc) is 2.74. The van der Waals surface area contributed by atoms with Crippen LogP contribution >= 0.6 is 0 Å². The van der Waals surface area contributed by atoms with Gasteiger partial charge >= 0.3 is 0 Å². The molecule has 0 amide bonds. The highest BCUT2D eigenvalue weighted by Crippen LogP contribution is 2.26. The predicted octanol–water partition coefficient (Wildman–Crippen LogP) is 3.67. The Kier molecular flexibility index (Phi) is 6.22. The van der Waals surface area contributed by atoms with Crippen LogP contribution in [0.2, 0.25) is 0 Å². The van der Waals surface area contributed by atoms with Crippen molar-refractivity contribution < 1.29 is 4.74 Å². The van der Waals surface area contributed by atoms with Crippen molar-refractivity contribution in [3.63, 3.8) is 0 Å². The molecule has 0 bridgehead atoms. The first kappa shape index (κ1) is 14.1. The number of hydrogen-bond donors (Lipinski definition) is 1. The van der Waals surface area contributed by atoms with Crippen LogP contribution in [0.25, 0.3) is 0 Å². The van der Waals surface area contributed by atoms with Crippen LogP contribution in [0.1, 0.15) is 58.3 Å². The Morgan fingerprint density at radius 2 is 2.33 bits per heavy atom. The van der Waals surface area contributed by atoms with Crippen LogP contribution in [0.4, 0.5) is 0 Å². The minimum absolute atomic E-state index is 0.620. The molecule has 2 nitrogen and oxygen atoms in total. The van der Waals surface area contributed by atoms with Gasteiger partial charge in [-0.05, 0) is 57.4 Å². The van der Waals surface area contributed by atoms with Crippen LogP contribution in [0, 0.1) is 5.92 Å². The molecule has 1 aliphatic heterocycles. The van der Waals surface area contributed by atoms with Gasteiger partial charge in [0.2, 0.25) is 0 Å². The van der Waals surface area contributed by atoms with Gasteiger partial charge in [0, 0.05) is 19.3 Å².